The second kappa shape index (κ2) is 9.01. The van der Waals surface area contributed by atoms with Crippen LogP contribution in [-0.2, 0) is 16.0 Å². The maximum absolute atomic E-state index is 14.3. The van der Waals surface area contributed by atoms with Crippen molar-refractivity contribution in [3.8, 4) is 11.1 Å². The van der Waals surface area contributed by atoms with E-state index in [1.54, 1.807) is 0 Å². The van der Waals surface area contributed by atoms with Gasteiger partial charge in [0.2, 0.25) is 6.20 Å². The number of aromatic nitrogens is 1. The molecule has 3 rings (SSSR count). The molecule has 0 radical (unpaired) electrons. The molecule has 0 spiro atoms. The number of halogens is 5. The molecule has 2 N–H and O–H groups in total. The van der Waals surface area contributed by atoms with Gasteiger partial charge in [0.15, 0.2) is 9.84 Å². The average Bonchev–Trinajstić information content (AvgIpc) is 2.71. The number of benzene rings is 2. The number of sulfone groups is 1. The number of nitrogens with one attached hydrogen (secondary N) is 1. The van der Waals surface area contributed by atoms with Gasteiger partial charge < -0.3 is 5.32 Å². The Hall–Kier alpha value is -3.54. The molecule has 3 aromatic rings. The van der Waals surface area contributed by atoms with Gasteiger partial charge in [-0.3, -0.25) is 10.0 Å². The number of rotatable bonds is 5. The zero-order valence-electron chi connectivity index (χ0n) is 17.7. The molecule has 1 amide bonds. The Morgan fingerprint density at radius 3 is 2.29 bits per heavy atom. The van der Waals surface area contributed by atoms with E-state index in [1.165, 1.54) is 13.0 Å². The highest BCUT2D eigenvalue weighted by atomic mass is 32.2. The third-order valence-electron chi connectivity index (χ3n) is 4.93. The molecular weight excluding hydrogens is 483 g/mol. The van der Waals surface area contributed by atoms with E-state index in [0.29, 0.717) is 12.1 Å². The van der Waals surface area contributed by atoms with Crippen LogP contribution in [0.5, 0.6) is 0 Å². The molecule has 12 heteroatoms. The number of hydrogen-bond acceptors (Lipinski definition) is 4. The lowest BCUT2D eigenvalue weighted by Crippen LogP contribution is -2.40. The summed E-state index contributed by atoms with van der Waals surface area (Å²) in [6.07, 6.45) is -3.13. The molecule has 6 nitrogen and oxygen atoms in total. The molecule has 0 bridgehead atoms. The summed E-state index contributed by atoms with van der Waals surface area (Å²) in [6.45, 7) is 1.43. The summed E-state index contributed by atoms with van der Waals surface area (Å²) in [4.78, 5) is 12.5. The molecule has 1 aromatic heterocycles. The molecule has 0 saturated heterocycles. The van der Waals surface area contributed by atoms with E-state index in [4.69, 9.17) is 0 Å². The standard InChI is InChI=1S/C22H17F5N2O4S/c1-12(13-3-6-20(22(25,26)27)29(31)11-13)28-21(30)15-7-14(8-17(9-15)34(2,32)33)18-5-4-16(23)10-19(18)24/h3-12H,1-2H3,(H-,28,30,31)/p+1/t12-/m1/s1. The Labute approximate surface area is 191 Å². The first-order valence-corrected chi connectivity index (χ1v) is 11.5. The van der Waals surface area contributed by atoms with Gasteiger partial charge in [-0.1, -0.05) is 0 Å². The van der Waals surface area contributed by atoms with Crippen molar-refractivity contribution < 1.29 is 45.1 Å². The van der Waals surface area contributed by atoms with Gasteiger partial charge in [0.05, 0.1) is 10.9 Å². The first-order chi connectivity index (χ1) is 15.7. The smallest absolute Gasteiger partial charge is 0.345 e. The lowest BCUT2D eigenvalue weighted by atomic mass is 10.0. The maximum atomic E-state index is 14.3. The SMILES string of the molecule is C[C@@H](NC(=O)c1cc(-c2ccc(F)cc2F)cc(S(C)(=O)=O)c1)c1ccc(C(F)(F)F)[n+](O)c1. The zero-order valence-corrected chi connectivity index (χ0v) is 18.5. The largest absolute Gasteiger partial charge is 0.482 e. The summed E-state index contributed by atoms with van der Waals surface area (Å²) in [5.41, 5.74) is -1.52. The molecular formula is C22H18F5N2O4S+. The molecule has 0 aliphatic carbocycles. The average molecular weight is 501 g/mol. The van der Waals surface area contributed by atoms with Crippen LogP contribution in [0.1, 0.15) is 34.6 Å². The van der Waals surface area contributed by atoms with Gasteiger partial charge in [-0.05, 0) is 48.9 Å². The number of pyridine rings is 1. The van der Waals surface area contributed by atoms with Crippen LogP contribution in [0.4, 0.5) is 22.0 Å². The van der Waals surface area contributed by atoms with Crippen LogP contribution >= 0.6 is 0 Å². The van der Waals surface area contributed by atoms with Crippen LogP contribution in [0.15, 0.2) is 59.6 Å². The fourth-order valence-electron chi connectivity index (χ4n) is 3.17. The second-order valence-electron chi connectivity index (χ2n) is 7.53. The lowest BCUT2D eigenvalue weighted by Gasteiger charge is -2.15. The van der Waals surface area contributed by atoms with Crippen molar-refractivity contribution in [3.05, 3.63) is 83.2 Å². The van der Waals surface area contributed by atoms with E-state index in [2.05, 4.69) is 5.32 Å². The summed E-state index contributed by atoms with van der Waals surface area (Å²) >= 11 is 0. The second-order valence-corrected chi connectivity index (χ2v) is 9.54. The van der Waals surface area contributed by atoms with Crippen molar-refractivity contribution in [2.45, 2.75) is 24.0 Å². The van der Waals surface area contributed by atoms with Crippen molar-refractivity contribution in [2.24, 2.45) is 0 Å². The third kappa shape index (κ3) is 5.50. The fraction of sp³-hybridized carbons (Fsp3) is 0.182. The highest BCUT2D eigenvalue weighted by Gasteiger charge is 2.42. The monoisotopic (exact) mass is 501 g/mol. The summed E-state index contributed by atoms with van der Waals surface area (Å²) in [5, 5.41) is 12.1. The maximum Gasteiger partial charge on any atom is 0.482 e. The number of amides is 1. The summed E-state index contributed by atoms with van der Waals surface area (Å²) in [7, 11) is -3.83. The normalized spacial score (nSPS) is 12.9. The van der Waals surface area contributed by atoms with Gasteiger partial charge in [0.1, 0.15) is 11.6 Å². The molecule has 0 fully saturated rings. The van der Waals surface area contributed by atoms with Crippen LogP contribution in [-0.4, -0.2) is 25.8 Å². The van der Waals surface area contributed by atoms with Gasteiger partial charge >= 0.3 is 11.9 Å². The Morgan fingerprint density at radius 2 is 1.74 bits per heavy atom. The summed E-state index contributed by atoms with van der Waals surface area (Å²) < 4.78 is 90.2. The minimum Gasteiger partial charge on any atom is -0.345 e. The Kier molecular flexibility index (Phi) is 6.65. The van der Waals surface area contributed by atoms with Crippen molar-refractivity contribution in [1.29, 1.82) is 0 Å². The van der Waals surface area contributed by atoms with E-state index in [1.807, 2.05) is 0 Å². The first kappa shape index (κ1) is 25.1. The molecule has 0 aliphatic rings. The molecule has 2 aromatic carbocycles. The van der Waals surface area contributed by atoms with Crippen LogP contribution in [0.25, 0.3) is 11.1 Å². The van der Waals surface area contributed by atoms with E-state index in [0.717, 1.165) is 42.8 Å². The van der Waals surface area contributed by atoms with E-state index < -0.39 is 45.3 Å². The number of alkyl halides is 3. The predicted octanol–water partition coefficient (Wildman–Crippen LogP) is 4.07. The van der Waals surface area contributed by atoms with Crippen molar-refractivity contribution in [2.75, 3.05) is 6.26 Å². The van der Waals surface area contributed by atoms with E-state index in [-0.39, 0.29) is 31.9 Å². The Morgan fingerprint density at radius 1 is 1.06 bits per heavy atom. The Balaban J connectivity index is 1.97. The van der Waals surface area contributed by atoms with E-state index >= 15 is 0 Å². The van der Waals surface area contributed by atoms with Crippen LogP contribution in [0.2, 0.25) is 0 Å². The number of carbonyl (C=O) groups excluding carboxylic acids is 1. The number of carbonyl (C=O) groups is 1. The molecule has 1 heterocycles. The van der Waals surface area contributed by atoms with Crippen molar-refractivity contribution >= 4 is 15.7 Å². The van der Waals surface area contributed by atoms with Crippen LogP contribution < -0.4 is 10.0 Å². The van der Waals surface area contributed by atoms with Crippen LogP contribution in [0, 0.1) is 11.6 Å². The molecule has 34 heavy (non-hydrogen) atoms. The summed E-state index contributed by atoms with van der Waals surface area (Å²) in [5.74, 6) is -2.63. The number of hydrogen-bond donors (Lipinski definition) is 2. The molecule has 0 saturated carbocycles. The van der Waals surface area contributed by atoms with Gasteiger partial charge in [-0.2, -0.15) is 13.2 Å². The number of nitrogens with zero attached hydrogens (tertiary/aromatic N) is 1. The fourth-order valence-corrected chi connectivity index (χ4v) is 3.85. The highest BCUT2D eigenvalue weighted by Crippen LogP contribution is 2.29. The summed E-state index contributed by atoms with van der Waals surface area (Å²) in [6, 6.07) is 6.87. The highest BCUT2D eigenvalue weighted by molar-refractivity contribution is 7.90. The van der Waals surface area contributed by atoms with Gasteiger partial charge in [-0.25, -0.2) is 17.2 Å². The van der Waals surface area contributed by atoms with Gasteiger partial charge in [0.25, 0.3) is 5.91 Å². The first-order valence-electron chi connectivity index (χ1n) is 9.60. The quantitative estimate of drug-likeness (QED) is 0.314. The predicted molar refractivity (Wildman–Crippen MR) is 110 cm³/mol. The molecule has 0 aliphatic heterocycles. The van der Waals surface area contributed by atoms with Gasteiger partial charge in [0, 0.05) is 39.8 Å². The lowest BCUT2D eigenvalue weighted by molar-refractivity contribution is -0.915. The third-order valence-corrected chi connectivity index (χ3v) is 6.02. The zero-order chi connectivity index (χ0) is 25.4. The molecule has 180 valence electrons. The minimum absolute atomic E-state index is 0.000887. The van der Waals surface area contributed by atoms with Crippen molar-refractivity contribution in [3.63, 3.8) is 0 Å². The van der Waals surface area contributed by atoms with E-state index in [9.17, 15) is 40.4 Å². The van der Waals surface area contributed by atoms with Crippen molar-refractivity contribution in [1.82, 2.24) is 5.32 Å². The molecule has 0 unspecified atom stereocenters. The topological polar surface area (TPSA) is 87.4 Å². The Bertz CT molecular complexity index is 1370. The van der Waals surface area contributed by atoms with Gasteiger partial charge in [-0.15, -0.1) is 0 Å². The van der Waals surface area contributed by atoms with Crippen LogP contribution in [0.3, 0.4) is 0 Å². The molecule has 1 atom stereocenters. The minimum atomic E-state index is -4.79.